The fraction of sp³-hybridized carbons (Fsp3) is 0.645. The van der Waals surface area contributed by atoms with Crippen molar-refractivity contribution in [3.8, 4) is 17.1 Å². The van der Waals surface area contributed by atoms with Gasteiger partial charge < -0.3 is 28.9 Å². The van der Waals surface area contributed by atoms with E-state index in [1.165, 1.54) is 4.90 Å². The maximum Gasteiger partial charge on any atom is 0.410 e. The summed E-state index contributed by atoms with van der Waals surface area (Å²) in [6, 6.07) is 5.61. The number of rotatable bonds is 10. The number of halogens is 2. The predicted octanol–water partition coefficient (Wildman–Crippen LogP) is 7.99. The predicted molar refractivity (Wildman–Crippen MR) is 176 cm³/mol. The standard InChI is InChI=1S/C31H48Cl2N4O5Si/c1-20-26(33)35-28(36-27(20)34-23-11-13-39-14-12-23)21-15-22(32)17-24(16-21)40-19-25(42-43(9,10)31(5,6)7)18-37(8)29(38)41-30(2,3)4/h15-17,23,25H,11-14,18-19H2,1-10H3,(H,34,35,36). The van der Waals surface area contributed by atoms with E-state index in [1.54, 1.807) is 19.2 Å². The Kier molecular flexibility index (Phi) is 11.8. The molecule has 0 spiro atoms. The van der Waals surface area contributed by atoms with Crippen molar-refractivity contribution in [1.82, 2.24) is 14.9 Å². The number of carbonyl (C=O) groups is 1. The molecule has 0 aliphatic carbocycles. The molecule has 1 saturated heterocycles. The molecule has 1 unspecified atom stereocenters. The largest absolute Gasteiger partial charge is 0.491 e. The van der Waals surface area contributed by atoms with Crippen molar-refractivity contribution in [3.05, 3.63) is 33.9 Å². The zero-order chi connectivity index (χ0) is 32.2. The number of carbonyl (C=O) groups excluding carboxylic acids is 1. The summed E-state index contributed by atoms with van der Waals surface area (Å²) >= 11 is 13.1. The molecule has 12 heteroatoms. The molecule has 1 atom stereocenters. The molecule has 1 aromatic heterocycles. The van der Waals surface area contributed by atoms with Crippen LogP contribution in [0, 0.1) is 6.92 Å². The van der Waals surface area contributed by atoms with Gasteiger partial charge in [0.05, 0.1) is 12.6 Å². The number of hydrogen-bond acceptors (Lipinski definition) is 8. The third-order valence-corrected chi connectivity index (χ3v) is 12.8. The third-order valence-electron chi connectivity index (χ3n) is 7.66. The van der Waals surface area contributed by atoms with Gasteiger partial charge in [-0.25, -0.2) is 14.8 Å². The van der Waals surface area contributed by atoms with Crippen LogP contribution in [0.3, 0.4) is 0 Å². The summed E-state index contributed by atoms with van der Waals surface area (Å²) in [5.41, 5.74) is 0.859. The van der Waals surface area contributed by atoms with Crippen LogP contribution in [0.1, 0.15) is 59.9 Å². The summed E-state index contributed by atoms with van der Waals surface area (Å²) in [7, 11) is -0.494. The van der Waals surface area contributed by atoms with Crippen LogP contribution in [-0.2, 0) is 13.9 Å². The number of benzene rings is 1. The van der Waals surface area contributed by atoms with E-state index in [1.807, 2.05) is 33.8 Å². The van der Waals surface area contributed by atoms with Crippen molar-refractivity contribution >= 4 is 43.4 Å². The summed E-state index contributed by atoms with van der Waals surface area (Å²) in [4.78, 5) is 23.6. The number of nitrogens with one attached hydrogen (secondary N) is 1. The summed E-state index contributed by atoms with van der Waals surface area (Å²) in [6.07, 6.45) is 0.973. The molecule has 3 rings (SSSR count). The van der Waals surface area contributed by atoms with E-state index >= 15 is 0 Å². The highest BCUT2D eigenvalue weighted by Gasteiger charge is 2.40. The first-order valence-corrected chi connectivity index (χ1v) is 18.4. The van der Waals surface area contributed by atoms with Gasteiger partial charge in [-0.15, -0.1) is 0 Å². The Bertz CT molecular complexity index is 1260. The number of hydrogen-bond donors (Lipinski definition) is 1. The Balaban J connectivity index is 1.83. The summed E-state index contributed by atoms with van der Waals surface area (Å²) in [5, 5.41) is 4.32. The average molecular weight is 656 g/mol. The number of anilines is 1. The third kappa shape index (κ3) is 10.5. The van der Waals surface area contributed by atoms with Crippen molar-refractivity contribution in [2.24, 2.45) is 0 Å². The van der Waals surface area contributed by atoms with Gasteiger partial charge >= 0.3 is 6.09 Å². The average Bonchev–Trinajstić information content (AvgIpc) is 2.88. The van der Waals surface area contributed by atoms with Crippen LogP contribution in [0.15, 0.2) is 18.2 Å². The SMILES string of the molecule is Cc1c(Cl)nc(-c2cc(Cl)cc(OCC(CN(C)C(=O)OC(C)(C)C)O[Si](C)(C)C(C)(C)C)c2)nc1NC1CCOCC1. The lowest BCUT2D eigenvalue weighted by atomic mass is 10.1. The normalized spacial score (nSPS) is 15.6. The Labute approximate surface area is 268 Å². The van der Waals surface area contributed by atoms with E-state index in [9.17, 15) is 4.79 Å². The second kappa shape index (κ2) is 14.3. The molecular weight excluding hydrogens is 607 g/mol. The maximum atomic E-state index is 12.7. The molecule has 2 heterocycles. The minimum atomic E-state index is -2.20. The highest BCUT2D eigenvalue weighted by Crippen LogP contribution is 2.38. The van der Waals surface area contributed by atoms with Gasteiger partial charge in [0.1, 0.15) is 28.9 Å². The molecular formula is C31H48Cl2N4O5Si. The minimum Gasteiger partial charge on any atom is -0.491 e. The van der Waals surface area contributed by atoms with Gasteiger partial charge in [0.15, 0.2) is 14.1 Å². The number of amides is 1. The number of likely N-dealkylation sites (N-methyl/N-ethyl adjacent to an activating group) is 1. The second-order valence-corrected chi connectivity index (χ2v) is 19.2. The molecule has 1 aliphatic rings. The molecule has 1 aromatic carbocycles. The molecule has 1 N–H and O–H groups in total. The molecule has 0 radical (unpaired) electrons. The fourth-order valence-electron chi connectivity index (χ4n) is 4.20. The summed E-state index contributed by atoms with van der Waals surface area (Å²) in [6.45, 7) is 20.2. The molecule has 0 saturated carbocycles. The smallest absolute Gasteiger partial charge is 0.410 e. The van der Waals surface area contributed by atoms with Gasteiger partial charge in [-0.2, -0.15) is 0 Å². The number of nitrogens with zero attached hydrogens (tertiary/aromatic N) is 3. The Morgan fingerprint density at radius 1 is 1.12 bits per heavy atom. The lowest BCUT2D eigenvalue weighted by molar-refractivity contribution is 0.0172. The number of ether oxygens (including phenoxy) is 3. The van der Waals surface area contributed by atoms with Crippen molar-refractivity contribution in [2.45, 2.75) is 97.2 Å². The molecule has 9 nitrogen and oxygen atoms in total. The lowest BCUT2D eigenvalue weighted by Crippen LogP contribution is -2.49. The highest BCUT2D eigenvalue weighted by molar-refractivity contribution is 6.74. The van der Waals surface area contributed by atoms with Crippen molar-refractivity contribution < 1.29 is 23.4 Å². The zero-order valence-corrected chi connectivity index (χ0v) is 29.8. The fourth-order valence-corrected chi connectivity index (χ4v) is 5.92. The van der Waals surface area contributed by atoms with Crippen LogP contribution in [0.2, 0.25) is 28.3 Å². The zero-order valence-electron chi connectivity index (χ0n) is 27.3. The van der Waals surface area contributed by atoms with Crippen molar-refractivity contribution in [2.75, 3.05) is 38.7 Å². The monoisotopic (exact) mass is 654 g/mol. The van der Waals surface area contributed by atoms with Gasteiger partial charge in [0, 0.05) is 42.5 Å². The second-order valence-electron chi connectivity index (χ2n) is 13.7. The van der Waals surface area contributed by atoms with Crippen LogP contribution in [0.25, 0.3) is 11.4 Å². The Morgan fingerprint density at radius 2 is 1.77 bits per heavy atom. The van der Waals surface area contributed by atoms with E-state index < -0.39 is 26.1 Å². The first-order valence-electron chi connectivity index (χ1n) is 14.8. The summed E-state index contributed by atoms with van der Waals surface area (Å²) in [5.74, 6) is 1.67. The van der Waals surface area contributed by atoms with E-state index in [0.717, 1.165) is 18.4 Å². The first kappa shape index (κ1) is 35.4. The Morgan fingerprint density at radius 3 is 2.37 bits per heavy atom. The van der Waals surface area contributed by atoms with Crippen LogP contribution in [-0.4, -0.2) is 80.4 Å². The maximum absolute atomic E-state index is 12.7. The van der Waals surface area contributed by atoms with Gasteiger partial charge in [0.2, 0.25) is 0 Å². The molecule has 1 fully saturated rings. The van der Waals surface area contributed by atoms with E-state index in [-0.39, 0.29) is 17.7 Å². The van der Waals surface area contributed by atoms with Crippen molar-refractivity contribution in [1.29, 1.82) is 0 Å². The van der Waals surface area contributed by atoms with Gasteiger partial charge in [-0.1, -0.05) is 44.0 Å². The Hall–Kier alpha value is -2.11. The molecule has 0 bridgehead atoms. The van der Waals surface area contributed by atoms with Crippen LogP contribution in [0.5, 0.6) is 5.75 Å². The van der Waals surface area contributed by atoms with E-state index in [0.29, 0.717) is 52.9 Å². The van der Waals surface area contributed by atoms with Gasteiger partial charge in [0.25, 0.3) is 0 Å². The van der Waals surface area contributed by atoms with Crippen LogP contribution < -0.4 is 10.1 Å². The molecule has 43 heavy (non-hydrogen) atoms. The topological polar surface area (TPSA) is 95.0 Å². The van der Waals surface area contributed by atoms with Gasteiger partial charge in [-0.05, 0) is 76.9 Å². The van der Waals surface area contributed by atoms with Crippen LogP contribution in [0.4, 0.5) is 10.6 Å². The lowest BCUT2D eigenvalue weighted by Gasteiger charge is -2.40. The highest BCUT2D eigenvalue weighted by atomic mass is 35.5. The minimum absolute atomic E-state index is 0.0304. The van der Waals surface area contributed by atoms with Gasteiger partial charge in [-0.3, -0.25) is 0 Å². The van der Waals surface area contributed by atoms with Crippen molar-refractivity contribution in [3.63, 3.8) is 0 Å². The molecule has 240 valence electrons. The quantitative estimate of drug-likeness (QED) is 0.203. The molecule has 1 amide bonds. The first-order chi connectivity index (χ1) is 19.8. The summed E-state index contributed by atoms with van der Waals surface area (Å²) < 4.78 is 24.0. The molecule has 1 aliphatic heterocycles. The van der Waals surface area contributed by atoms with E-state index in [2.05, 4.69) is 44.2 Å². The van der Waals surface area contributed by atoms with E-state index in [4.69, 9.17) is 46.8 Å². The van der Waals surface area contributed by atoms with Crippen LogP contribution >= 0.6 is 23.2 Å². The molecule has 2 aromatic rings. The number of aromatic nitrogens is 2.